The molecule has 4 atom stereocenters. The van der Waals surface area contributed by atoms with Gasteiger partial charge in [0.25, 0.3) is 0 Å². The molecule has 3 saturated heterocycles. The highest BCUT2D eigenvalue weighted by atomic mass is 17.3. The predicted molar refractivity (Wildman–Crippen MR) is 86.8 cm³/mol. The Kier molecular flexibility index (Phi) is 4.39. The molecule has 1 saturated carbocycles. The molecule has 2 bridgehead atoms. The van der Waals surface area contributed by atoms with Crippen LogP contribution < -0.4 is 0 Å². The summed E-state index contributed by atoms with van der Waals surface area (Å²) in [5, 5.41) is 0. The van der Waals surface area contributed by atoms with Gasteiger partial charge in [0, 0.05) is 26.2 Å². The van der Waals surface area contributed by atoms with E-state index in [1.807, 2.05) is 24.3 Å². The average Bonchev–Trinajstić information content (AvgIpc) is 2.88. The zero-order valence-electron chi connectivity index (χ0n) is 14.5. The van der Waals surface area contributed by atoms with Crippen molar-refractivity contribution < 1.29 is 24.0 Å². The van der Waals surface area contributed by atoms with E-state index in [2.05, 4.69) is 0 Å². The molecular formula is C19H26O5. The van der Waals surface area contributed by atoms with Gasteiger partial charge in [0.2, 0.25) is 5.79 Å². The molecule has 3 aliphatic heterocycles. The maximum atomic E-state index is 6.39. The molecule has 3 heterocycles. The number of methoxy groups -OCH3 is 2. The fourth-order valence-electron chi connectivity index (χ4n) is 4.52. The van der Waals surface area contributed by atoms with Crippen LogP contribution in [0, 0.1) is 5.92 Å². The third-order valence-electron chi connectivity index (χ3n) is 5.83. The van der Waals surface area contributed by atoms with E-state index >= 15 is 0 Å². The zero-order chi connectivity index (χ0) is 16.6. The van der Waals surface area contributed by atoms with Crippen LogP contribution in [0.5, 0.6) is 0 Å². The molecule has 5 heteroatoms. The summed E-state index contributed by atoms with van der Waals surface area (Å²) in [5.74, 6) is -0.456. The largest absolute Gasteiger partial charge is 0.380 e. The molecule has 1 unspecified atom stereocenters. The molecule has 1 aromatic carbocycles. The van der Waals surface area contributed by atoms with Crippen molar-refractivity contribution in [1.29, 1.82) is 0 Å². The van der Waals surface area contributed by atoms with Gasteiger partial charge in [-0.15, -0.1) is 0 Å². The zero-order valence-corrected chi connectivity index (χ0v) is 14.5. The number of benzene rings is 1. The van der Waals surface area contributed by atoms with Crippen LogP contribution in [-0.4, -0.2) is 26.1 Å². The van der Waals surface area contributed by atoms with E-state index in [4.69, 9.17) is 24.0 Å². The van der Waals surface area contributed by atoms with E-state index in [0.717, 1.165) is 43.2 Å². The summed E-state index contributed by atoms with van der Waals surface area (Å²) in [6, 6.07) is 8.17. The second kappa shape index (κ2) is 6.39. The van der Waals surface area contributed by atoms with Gasteiger partial charge in [-0.2, -0.15) is 4.89 Å². The van der Waals surface area contributed by atoms with Crippen LogP contribution >= 0.6 is 0 Å². The fourth-order valence-corrected chi connectivity index (χ4v) is 4.52. The van der Waals surface area contributed by atoms with Crippen molar-refractivity contribution in [3.8, 4) is 0 Å². The van der Waals surface area contributed by atoms with E-state index in [1.165, 1.54) is 6.42 Å². The van der Waals surface area contributed by atoms with Crippen LogP contribution in [0.25, 0.3) is 0 Å². The Morgan fingerprint density at radius 1 is 1.04 bits per heavy atom. The van der Waals surface area contributed by atoms with E-state index in [-0.39, 0.29) is 0 Å². The summed E-state index contributed by atoms with van der Waals surface area (Å²) in [5.41, 5.74) is 1.64. The van der Waals surface area contributed by atoms with Crippen molar-refractivity contribution >= 4 is 0 Å². The highest BCUT2D eigenvalue weighted by Crippen LogP contribution is 2.55. The molecule has 1 aliphatic carbocycles. The average molecular weight is 334 g/mol. The topological polar surface area (TPSA) is 46.2 Å². The first-order chi connectivity index (χ1) is 11.7. The van der Waals surface area contributed by atoms with Crippen molar-refractivity contribution in [3.63, 3.8) is 0 Å². The summed E-state index contributed by atoms with van der Waals surface area (Å²) < 4.78 is 17.3. The number of hydrogen-bond donors (Lipinski definition) is 0. The Morgan fingerprint density at radius 3 is 2.62 bits per heavy atom. The third-order valence-corrected chi connectivity index (χ3v) is 5.83. The molecule has 5 rings (SSSR count). The smallest absolute Gasteiger partial charge is 0.230 e. The first-order valence-electron chi connectivity index (χ1n) is 8.88. The lowest BCUT2D eigenvalue weighted by Gasteiger charge is -2.49. The lowest BCUT2D eigenvalue weighted by Crippen LogP contribution is -2.59. The molecule has 24 heavy (non-hydrogen) atoms. The number of fused-ring (bicyclic) bond motifs is 3. The minimum Gasteiger partial charge on any atom is -0.380 e. The minimum atomic E-state index is -0.880. The van der Waals surface area contributed by atoms with Crippen LogP contribution in [0.4, 0.5) is 0 Å². The van der Waals surface area contributed by atoms with E-state index < -0.39 is 17.7 Å². The molecule has 1 aromatic rings. The normalized spacial score (nSPS) is 38.6. The molecule has 0 amide bonds. The van der Waals surface area contributed by atoms with Crippen LogP contribution in [0.1, 0.15) is 49.7 Å². The summed E-state index contributed by atoms with van der Waals surface area (Å²) in [7, 11) is 3.40. The summed E-state index contributed by atoms with van der Waals surface area (Å²) in [6.45, 7) is 0.595. The first-order valence-corrected chi connectivity index (χ1v) is 8.88. The lowest BCUT2D eigenvalue weighted by molar-refractivity contribution is -0.558. The van der Waals surface area contributed by atoms with Crippen LogP contribution in [-0.2, 0) is 36.4 Å². The van der Waals surface area contributed by atoms with Crippen molar-refractivity contribution in [3.05, 3.63) is 35.4 Å². The van der Waals surface area contributed by atoms with Gasteiger partial charge in [0.05, 0.1) is 6.61 Å². The number of ether oxygens (including phenoxy) is 3. The van der Waals surface area contributed by atoms with Crippen LogP contribution in [0.3, 0.4) is 0 Å². The Hall–Kier alpha value is -0.980. The Bertz CT molecular complexity index is 570. The van der Waals surface area contributed by atoms with E-state index in [0.29, 0.717) is 12.5 Å². The first kappa shape index (κ1) is 16.5. The van der Waals surface area contributed by atoms with E-state index in [1.54, 1.807) is 14.2 Å². The molecular weight excluding hydrogens is 308 g/mol. The van der Waals surface area contributed by atoms with Gasteiger partial charge in [-0.3, -0.25) is 0 Å². The van der Waals surface area contributed by atoms with Crippen molar-refractivity contribution in [1.82, 2.24) is 0 Å². The van der Waals surface area contributed by atoms with Gasteiger partial charge < -0.3 is 14.2 Å². The molecule has 4 fully saturated rings. The summed E-state index contributed by atoms with van der Waals surface area (Å²) in [4.78, 5) is 12.0. The van der Waals surface area contributed by atoms with Crippen LogP contribution in [0.2, 0.25) is 0 Å². The standard InChI is InChI=1S/C19H26O5/c1-20-13-14-6-8-16(9-7-14)19-12-10-15-5-3-4-11-18(15,23-24-19)17(21-2)22-19/h6-9,15,17H,3-5,10-13H2,1-2H3/t15-,17+,18?,19-/m1/s1. The molecule has 5 nitrogen and oxygen atoms in total. The Balaban J connectivity index is 1.66. The van der Waals surface area contributed by atoms with Crippen LogP contribution in [0.15, 0.2) is 24.3 Å². The Morgan fingerprint density at radius 2 is 1.88 bits per heavy atom. The van der Waals surface area contributed by atoms with Crippen molar-refractivity contribution in [2.24, 2.45) is 5.92 Å². The van der Waals surface area contributed by atoms with Gasteiger partial charge >= 0.3 is 0 Å². The Labute approximate surface area is 143 Å². The lowest BCUT2D eigenvalue weighted by atomic mass is 9.73. The summed E-state index contributed by atoms with van der Waals surface area (Å²) in [6.07, 6.45) is 5.86. The maximum Gasteiger partial charge on any atom is 0.230 e. The molecule has 0 aromatic heterocycles. The van der Waals surface area contributed by atoms with Gasteiger partial charge in [-0.1, -0.05) is 37.1 Å². The number of rotatable bonds is 4. The highest BCUT2D eigenvalue weighted by molar-refractivity contribution is 5.26. The van der Waals surface area contributed by atoms with Gasteiger partial charge in [-0.05, 0) is 30.7 Å². The minimum absolute atomic E-state index is 0.391. The second-order valence-corrected chi connectivity index (χ2v) is 7.17. The predicted octanol–water partition coefficient (Wildman–Crippen LogP) is 3.66. The van der Waals surface area contributed by atoms with E-state index in [9.17, 15) is 0 Å². The van der Waals surface area contributed by atoms with Gasteiger partial charge in [0.1, 0.15) is 0 Å². The SMILES string of the molecule is COCc1ccc([C@@]23CC[C@H]4CCCCC4(OO2)[C@@H](OC)O3)cc1. The van der Waals surface area contributed by atoms with Crippen molar-refractivity contribution in [2.45, 2.75) is 62.8 Å². The molecule has 4 aliphatic rings. The summed E-state index contributed by atoms with van der Waals surface area (Å²) >= 11 is 0. The third kappa shape index (κ3) is 2.50. The van der Waals surface area contributed by atoms with Gasteiger partial charge in [0.15, 0.2) is 11.9 Å². The quantitative estimate of drug-likeness (QED) is 0.787. The highest BCUT2D eigenvalue weighted by Gasteiger charge is 2.61. The molecule has 132 valence electrons. The molecule has 1 spiro atoms. The fraction of sp³-hybridized carbons (Fsp3) is 0.684. The van der Waals surface area contributed by atoms with Crippen molar-refractivity contribution in [2.75, 3.05) is 14.2 Å². The maximum absolute atomic E-state index is 6.39. The monoisotopic (exact) mass is 334 g/mol. The second-order valence-electron chi connectivity index (χ2n) is 7.17. The molecule has 0 N–H and O–H groups in total. The number of hydrogen-bond acceptors (Lipinski definition) is 5. The van der Waals surface area contributed by atoms with Gasteiger partial charge in [-0.25, -0.2) is 4.89 Å². The molecule has 0 radical (unpaired) electrons.